The van der Waals surface area contributed by atoms with Crippen LogP contribution in [0.3, 0.4) is 0 Å². The van der Waals surface area contributed by atoms with E-state index in [1.54, 1.807) is 65.4 Å². The van der Waals surface area contributed by atoms with Gasteiger partial charge in [-0.15, -0.1) is 0 Å². The number of aromatic nitrogens is 6. The molecule has 3 N–H and O–H groups in total. The summed E-state index contributed by atoms with van der Waals surface area (Å²) < 4.78 is 75.1. The maximum Gasteiger partial charge on any atom is 0.338 e. The fourth-order valence-corrected chi connectivity index (χ4v) is 6.52. The first-order valence-corrected chi connectivity index (χ1v) is 18.1. The van der Waals surface area contributed by atoms with E-state index in [9.17, 15) is 27.2 Å². The molecule has 0 radical (unpaired) electrons. The summed E-state index contributed by atoms with van der Waals surface area (Å²) in [6.45, 7) is 3.48. The lowest BCUT2D eigenvalue weighted by molar-refractivity contribution is 0.0599. The van der Waals surface area contributed by atoms with Gasteiger partial charge in [-0.2, -0.15) is 8.78 Å². The van der Waals surface area contributed by atoms with Crippen LogP contribution in [-0.4, -0.2) is 67.1 Å². The lowest BCUT2D eigenvalue weighted by atomic mass is 10.1. The highest BCUT2D eigenvalue weighted by Gasteiger charge is 2.21. The maximum atomic E-state index is 14.6. The molecule has 0 aliphatic rings. The molecule has 0 bridgehead atoms. The Hall–Kier alpha value is -8.02. The summed E-state index contributed by atoms with van der Waals surface area (Å²) in [4.78, 5) is 40.2. The molecule has 4 aromatic carbocycles. The van der Waals surface area contributed by atoms with Crippen LogP contribution >= 0.6 is 0 Å². The number of aryl methyl sites for hydroxylation is 2. The van der Waals surface area contributed by atoms with Gasteiger partial charge in [0.2, 0.25) is 11.6 Å². The number of esters is 1. The van der Waals surface area contributed by atoms with Crippen molar-refractivity contribution in [2.45, 2.75) is 13.8 Å². The Balaban J connectivity index is 0.000000184. The number of rotatable bonds is 10. The van der Waals surface area contributed by atoms with E-state index >= 15 is 0 Å². The van der Waals surface area contributed by atoms with Crippen LogP contribution in [-0.2, 0) is 4.74 Å². The molecule has 4 aromatic heterocycles. The molecule has 0 saturated heterocycles. The predicted molar refractivity (Wildman–Crippen MR) is 217 cm³/mol. The van der Waals surface area contributed by atoms with Crippen molar-refractivity contribution in [3.63, 3.8) is 0 Å². The average Bonchev–Trinajstić information content (AvgIpc) is 3.89. The molecule has 310 valence electrons. The van der Waals surface area contributed by atoms with Gasteiger partial charge in [-0.25, -0.2) is 38.3 Å². The van der Waals surface area contributed by atoms with E-state index in [-0.39, 0.29) is 28.2 Å². The van der Waals surface area contributed by atoms with Crippen molar-refractivity contribution in [3.8, 4) is 34.0 Å². The molecular formula is C43H34F4N8O6. The Labute approximate surface area is 344 Å². The predicted octanol–water partition coefficient (Wildman–Crippen LogP) is 8.96. The van der Waals surface area contributed by atoms with E-state index < -0.39 is 35.2 Å². The number of carboxylic acids is 1. The number of nitrogens with zero attached hydrogens (tertiary/aromatic N) is 6. The molecule has 0 spiro atoms. The molecule has 18 heteroatoms. The average molecular weight is 835 g/mol. The van der Waals surface area contributed by atoms with Crippen molar-refractivity contribution in [2.75, 3.05) is 32.0 Å². The number of halogens is 4. The van der Waals surface area contributed by atoms with Crippen molar-refractivity contribution >= 4 is 46.2 Å². The van der Waals surface area contributed by atoms with Crippen molar-refractivity contribution in [1.29, 1.82) is 0 Å². The van der Waals surface area contributed by atoms with Gasteiger partial charge in [0, 0.05) is 47.3 Å². The number of hydrogen-bond donors (Lipinski definition) is 3. The number of imidazole rings is 2. The van der Waals surface area contributed by atoms with Crippen molar-refractivity contribution in [2.24, 2.45) is 0 Å². The Morgan fingerprint density at radius 3 is 1.44 bits per heavy atom. The van der Waals surface area contributed by atoms with Crippen LogP contribution in [0.5, 0.6) is 11.5 Å². The number of ether oxygens (including phenoxy) is 3. The summed E-state index contributed by atoms with van der Waals surface area (Å²) in [5, 5.41) is 15.4. The van der Waals surface area contributed by atoms with Gasteiger partial charge in [0.15, 0.2) is 46.1 Å². The Bertz CT molecular complexity index is 2990. The number of methoxy groups -OCH3 is 3. The van der Waals surface area contributed by atoms with Crippen molar-refractivity contribution in [3.05, 3.63) is 143 Å². The summed E-state index contributed by atoms with van der Waals surface area (Å²) in [5.74, 6) is -5.21. The van der Waals surface area contributed by atoms with E-state index in [1.165, 1.54) is 76.4 Å². The second kappa shape index (κ2) is 17.1. The Morgan fingerprint density at radius 2 is 1.05 bits per heavy atom. The first-order chi connectivity index (χ1) is 29.3. The number of carbonyl (C=O) groups excluding carboxylic acids is 1. The number of benzene rings is 4. The molecule has 0 fully saturated rings. The van der Waals surface area contributed by atoms with Crippen molar-refractivity contribution < 1.29 is 46.5 Å². The third-order valence-corrected chi connectivity index (χ3v) is 9.56. The molecule has 4 heterocycles. The smallest absolute Gasteiger partial charge is 0.338 e. The third-order valence-electron chi connectivity index (χ3n) is 9.56. The van der Waals surface area contributed by atoms with Gasteiger partial charge < -0.3 is 30.0 Å². The number of carboxylic acid groups (broad SMARTS) is 1. The third kappa shape index (κ3) is 7.93. The van der Waals surface area contributed by atoms with Crippen LogP contribution in [0, 0.1) is 37.1 Å². The molecule has 0 amide bonds. The van der Waals surface area contributed by atoms with Gasteiger partial charge in [0.1, 0.15) is 0 Å². The molecule has 0 aliphatic carbocycles. The van der Waals surface area contributed by atoms with Gasteiger partial charge in [0.05, 0.1) is 56.2 Å². The minimum Gasteiger partial charge on any atom is -0.494 e. The molecule has 0 saturated carbocycles. The molecule has 0 aliphatic heterocycles. The summed E-state index contributed by atoms with van der Waals surface area (Å²) in [6.07, 6.45) is 9.08. The van der Waals surface area contributed by atoms with Gasteiger partial charge in [0.25, 0.3) is 0 Å². The first-order valence-electron chi connectivity index (χ1n) is 18.1. The number of nitrogens with one attached hydrogen (secondary N) is 2. The maximum absolute atomic E-state index is 14.6. The zero-order chi connectivity index (χ0) is 43.5. The number of carbonyl (C=O) groups is 2. The summed E-state index contributed by atoms with van der Waals surface area (Å²) in [7, 11) is 3.86. The second-order valence-corrected chi connectivity index (χ2v) is 13.2. The largest absolute Gasteiger partial charge is 0.494 e. The van der Waals surface area contributed by atoms with Crippen LogP contribution in [0.15, 0.2) is 97.8 Å². The Morgan fingerprint density at radius 1 is 0.607 bits per heavy atom. The van der Waals surface area contributed by atoms with E-state index in [1.807, 2.05) is 0 Å². The highest BCUT2D eigenvalue weighted by Crippen LogP contribution is 2.33. The highest BCUT2D eigenvalue weighted by molar-refractivity contribution is 5.92. The lowest BCUT2D eigenvalue weighted by Crippen LogP contribution is -2.05. The molecule has 8 aromatic rings. The zero-order valence-corrected chi connectivity index (χ0v) is 32.9. The van der Waals surface area contributed by atoms with E-state index in [2.05, 4.69) is 30.6 Å². The van der Waals surface area contributed by atoms with E-state index in [0.29, 0.717) is 56.8 Å². The number of anilines is 4. The fourth-order valence-electron chi connectivity index (χ4n) is 6.52. The van der Waals surface area contributed by atoms with Gasteiger partial charge in [-0.05, 0) is 85.6 Å². The first kappa shape index (κ1) is 41.2. The summed E-state index contributed by atoms with van der Waals surface area (Å²) >= 11 is 0. The molecule has 0 unspecified atom stereocenters. The number of hydrogen-bond acceptors (Lipinski definition) is 11. The minimum absolute atomic E-state index is 0.0274. The molecular weight excluding hydrogens is 801 g/mol. The minimum atomic E-state index is -1.08. The molecule has 8 rings (SSSR count). The lowest BCUT2D eigenvalue weighted by Gasteiger charge is -2.11. The summed E-state index contributed by atoms with van der Waals surface area (Å²) in [5.41, 5.74) is 4.84. The van der Waals surface area contributed by atoms with Gasteiger partial charge >= 0.3 is 11.9 Å². The van der Waals surface area contributed by atoms with Crippen molar-refractivity contribution in [1.82, 2.24) is 28.7 Å². The number of aromatic carboxylic acids is 1. The van der Waals surface area contributed by atoms with Gasteiger partial charge in [-0.3, -0.25) is 8.80 Å². The monoisotopic (exact) mass is 834 g/mol. The topological polar surface area (TPSA) is 166 Å². The van der Waals surface area contributed by atoms with E-state index in [4.69, 9.17) is 19.3 Å². The standard InChI is InChI=1S/C22H18F2N4O3.C21H16F2N4O3/c1-12-10-13(4-5-14(12)22(29)31-3)27-20-21-26-11-16(28(21)9-8-25-20)15-6-7-17(30-2)19(24)18(15)23;1-11-9-12(3-4-13(11)21(28)29)26-19-20-25-10-15(27(20)8-7-24-19)14-5-6-16(30-2)18(23)17(14)22/h4-11H,1-3H3,(H,25,27);3-10H,1-2H3,(H,24,26)(H,28,29). The van der Waals surface area contributed by atoms with Crippen LogP contribution in [0.4, 0.5) is 40.6 Å². The van der Waals surface area contributed by atoms with E-state index in [0.717, 1.165) is 5.56 Å². The van der Waals surface area contributed by atoms with Crippen LogP contribution in [0.25, 0.3) is 33.8 Å². The fraction of sp³-hybridized carbons (Fsp3) is 0.116. The second-order valence-electron chi connectivity index (χ2n) is 13.2. The quantitative estimate of drug-likeness (QED) is 0.0886. The molecule has 0 atom stereocenters. The number of fused-ring (bicyclic) bond motifs is 2. The summed E-state index contributed by atoms with van der Waals surface area (Å²) in [6, 6.07) is 15.5. The van der Waals surface area contributed by atoms with Crippen LogP contribution in [0.2, 0.25) is 0 Å². The zero-order valence-electron chi connectivity index (χ0n) is 32.9. The van der Waals surface area contributed by atoms with Gasteiger partial charge in [-0.1, -0.05) is 0 Å². The molecule has 61 heavy (non-hydrogen) atoms. The van der Waals surface area contributed by atoms with Crippen LogP contribution < -0.4 is 20.1 Å². The van der Waals surface area contributed by atoms with Crippen LogP contribution in [0.1, 0.15) is 31.8 Å². The molecule has 14 nitrogen and oxygen atoms in total. The SMILES string of the molecule is COC(=O)c1ccc(Nc2nccn3c(-c4ccc(OC)c(F)c4F)cnc23)cc1C.COc1ccc(-c2cnc3c(Nc4ccc(C(=O)O)c(C)c4)nccn23)c(F)c1F. The normalized spacial score (nSPS) is 10.9. The Kier molecular flexibility index (Phi) is 11.5. The highest BCUT2D eigenvalue weighted by atomic mass is 19.2.